The van der Waals surface area contributed by atoms with Crippen LogP contribution in [0.2, 0.25) is 0 Å². The number of carbonyl (C=O) groups excluding carboxylic acids is 1. The minimum Gasteiger partial charge on any atom is -0.477 e. The van der Waals surface area contributed by atoms with E-state index in [0.717, 1.165) is 6.07 Å². The normalized spacial score (nSPS) is 17.8. The fourth-order valence-electron chi connectivity index (χ4n) is 2.78. The molecule has 0 radical (unpaired) electrons. The quantitative estimate of drug-likeness (QED) is 0.740. The Morgan fingerprint density at radius 3 is 2.78 bits per heavy atom. The van der Waals surface area contributed by atoms with Gasteiger partial charge in [-0.2, -0.15) is 0 Å². The summed E-state index contributed by atoms with van der Waals surface area (Å²) in [6.07, 6.45) is 1.26. The van der Waals surface area contributed by atoms with Gasteiger partial charge in [0.05, 0.1) is 16.9 Å². The first-order chi connectivity index (χ1) is 11.0. The average Bonchev–Trinajstić information content (AvgIpc) is 2.53. The van der Waals surface area contributed by atoms with Crippen molar-refractivity contribution in [3.05, 3.63) is 69.3 Å². The van der Waals surface area contributed by atoms with Crippen LogP contribution in [0.25, 0.3) is 0 Å². The SMILES string of the molecule is O=C(O)c1cc(=O)c2c([nH]1)C(=O)C=C1Oc3ccccc3NC12. The molecule has 0 amide bonds. The number of ketones is 1. The zero-order valence-corrected chi connectivity index (χ0v) is 11.6. The summed E-state index contributed by atoms with van der Waals surface area (Å²) in [5, 5.41) is 12.2. The highest BCUT2D eigenvalue weighted by atomic mass is 16.5. The maximum Gasteiger partial charge on any atom is 0.352 e. The molecule has 114 valence electrons. The molecular weight excluding hydrogens is 300 g/mol. The van der Waals surface area contributed by atoms with Gasteiger partial charge in [0, 0.05) is 12.1 Å². The molecule has 1 aromatic heterocycles. The lowest BCUT2D eigenvalue weighted by atomic mass is 9.92. The lowest BCUT2D eigenvalue weighted by molar-refractivity contribution is 0.0690. The number of para-hydroxylation sites is 2. The van der Waals surface area contributed by atoms with Crippen molar-refractivity contribution in [2.45, 2.75) is 6.04 Å². The molecule has 1 aliphatic carbocycles. The molecule has 7 nitrogen and oxygen atoms in total. The van der Waals surface area contributed by atoms with Crippen LogP contribution in [0.5, 0.6) is 5.75 Å². The van der Waals surface area contributed by atoms with Crippen LogP contribution in [-0.2, 0) is 0 Å². The van der Waals surface area contributed by atoms with Crippen molar-refractivity contribution >= 4 is 17.4 Å². The molecule has 2 aliphatic rings. The zero-order chi connectivity index (χ0) is 16.1. The number of ether oxygens (including phenoxy) is 1. The number of H-pyrrole nitrogens is 1. The first kappa shape index (κ1) is 13.3. The van der Waals surface area contributed by atoms with Gasteiger partial charge in [-0.15, -0.1) is 0 Å². The maximum absolute atomic E-state index is 12.3. The summed E-state index contributed by atoms with van der Waals surface area (Å²) in [6, 6.07) is 7.49. The fraction of sp³-hybridized carbons (Fsp3) is 0.0625. The molecule has 0 saturated carbocycles. The van der Waals surface area contributed by atoms with E-state index < -0.39 is 23.2 Å². The molecule has 1 unspecified atom stereocenters. The summed E-state index contributed by atoms with van der Waals surface area (Å²) in [6.45, 7) is 0. The number of anilines is 1. The van der Waals surface area contributed by atoms with E-state index in [1.54, 1.807) is 18.2 Å². The monoisotopic (exact) mass is 310 g/mol. The molecule has 3 N–H and O–H groups in total. The number of aromatic carboxylic acids is 1. The number of carboxylic acid groups (broad SMARTS) is 1. The van der Waals surface area contributed by atoms with E-state index in [2.05, 4.69) is 10.3 Å². The number of carboxylic acids is 1. The highest BCUT2D eigenvalue weighted by molar-refractivity contribution is 6.07. The molecule has 2 heterocycles. The number of nitrogens with one attached hydrogen (secondary N) is 2. The molecule has 1 atom stereocenters. The highest BCUT2D eigenvalue weighted by Crippen LogP contribution is 2.40. The van der Waals surface area contributed by atoms with Crippen LogP contribution in [0, 0.1) is 0 Å². The molecular formula is C16H10N2O5. The van der Waals surface area contributed by atoms with E-state index in [0.29, 0.717) is 17.2 Å². The molecule has 4 rings (SSSR count). The topological polar surface area (TPSA) is 108 Å². The standard InChI is InChI=1S/C16H10N2O5/c19-9-5-8(16(21)22)18-14-10(20)6-12-15(13(9)14)17-7-3-1-2-4-11(7)23-12/h1-6,15,17H,(H,18,19)(H,21,22). The minimum absolute atomic E-state index is 0.0286. The smallest absolute Gasteiger partial charge is 0.352 e. The number of aromatic amines is 1. The average molecular weight is 310 g/mol. The van der Waals surface area contributed by atoms with Crippen molar-refractivity contribution in [1.82, 2.24) is 4.98 Å². The van der Waals surface area contributed by atoms with E-state index in [9.17, 15) is 14.4 Å². The molecule has 0 bridgehead atoms. The molecule has 23 heavy (non-hydrogen) atoms. The number of benzene rings is 1. The van der Waals surface area contributed by atoms with Gasteiger partial charge in [0.2, 0.25) is 5.78 Å². The van der Waals surface area contributed by atoms with Gasteiger partial charge < -0.3 is 20.1 Å². The van der Waals surface area contributed by atoms with E-state index >= 15 is 0 Å². The van der Waals surface area contributed by atoms with E-state index in [-0.39, 0.29) is 17.0 Å². The second-order valence-corrected chi connectivity index (χ2v) is 5.23. The van der Waals surface area contributed by atoms with Crippen molar-refractivity contribution < 1.29 is 19.4 Å². The number of pyridine rings is 1. The predicted octanol–water partition coefficient (Wildman–Crippen LogP) is 1.70. The molecule has 2 aromatic rings. The number of fused-ring (bicyclic) bond motifs is 4. The van der Waals surface area contributed by atoms with E-state index in [1.165, 1.54) is 6.08 Å². The van der Waals surface area contributed by atoms with Crippen LogP contribution in [-0.4, -0.2) is 21.8 Å². The number of allylic oxidation sites excluding steroid dienone is 1. The highest BCUT2D eigenvalue weighted by Gasteiger charge is 2.36. The van der Waals surface area contributed by atoms with Crippen molar-refractivity contribution in [2.24, 2.45) is 0 Å². The number of carbonyl (C=O) groups is 2. The van der Waals surface area contributed by atoms with Gasteiger partial charge in [-0.25, -0.2) is 4.79 Å². The Balaban J connectivity index is 1.91. The van der Waals surface area contributed by atoms with Crippen LogP contribution in [0.1, 0.15) is 32.6 Å². The molecule has 1 aromatic carbocycles. The third-order valence-electron chi connectivity index (χ3n) is 3.81. The Kier molecular flexibility index (Phi) is 2.65. The van der Waals surface area contributed by atoms with E-state index in [4.69, 9.17) is 9.84 Å². The molecule has 0 fully saturated rings. The van der Waals surface area contributed by atoms with Gasteiger partial charge in [-0.3, -0.25) is 9.59 Å². The Bertz CT molecular complexity index is 957. The largest absolute Gasteiger partial charge is 0.477 e. The molecule has 1 aliphatic heterocycles. The number of hydrogen-bond donors (Lipinski definition) is 3. The number of rotatable bonds is 1. The number of aromatic nitrogens is 1. The van der Waals surface area contributed by atoms with Crippen molar-refractivity contribution in [3.63, 3.8) is 0 Å². The van der Waals surface area contributed by atoms with Gasteiger partial charge in [-0.1, -0.05) is 12.1 Å². The summed E-state index contributed by atoms with van der Waals surface area (Å²) in [4.78, 5) is 38.2. The van der Waals surface area contributed by atoms with E-state index in [1.807, 2.05) is 6.07 Å². The first-order valence-corrected chi connectivity index (χ1v) is 6.84. The fourth-order valence-corrected chi connectivity index (χ4v) is 2.78. The lowest BCUT2D eigenvalue weighted by Gasteiger charge is -2.32. The second-order valence-electron chi connectivity index (χ2n) is 5.23. The number of hydrogen-bond acceptors (Lipinski definition) is 5. The first-order valence-electron chi connectivity index (χ1n) is 6.84. The van der Waals surface area contributed by atoms with Crippen LogP contribution in [0.15, 0.2) is 47.0 Å². The minimum atomic E-state index is -1.30. The Morgan fingerprint density at radius 2 is 2.00 bits per heavy atom. The Hall–Kier alpha value is -3.35. The van der Waals surface area contributed by atoms with Crippen LogP contribution in [0.4, 0.5) is 5.69 Å². The zero-order valence-electron chi connectivity index (χ0n) is 11.6. The predicted molar refractivity (Wildman–Crippen MR) is 79.9 cm³/mol. The van der Waals surface area contributed by atoms with Crippen LogP contribution < -0.4 is 15.5 Å². The van der Waals surface area contributed by atoms with Gasteiger partial charge in [0.15, 0.2) is 5.43 Å². The summed E-state index contributed by atoms with van der Waals surface area (Å²) in [7, 11) is 0. The van der Waals surface area contributed by atoms with Gasteiger partial charge in [0.1, 0.15) is 23.2 Å². The van der Waals surface area contributed by atoms with Crippen molar-refractivity contribution in [3.8, 4) is 5.75 Å². The maximum atomic E-state index is 12.3. The molecule has 0 saturated heterocycles. The van der Waals surface area contributed by atoms with Gasteiger partial charge in [-0.05, 0) is 12.1 Å². The molecule has 7 heteroatoms. The summed E-state index contributed by atoms with van der Waals surface area (Å²) >= 11 is 0. The Morgan fingerprint density at radius 1 is 1.22 bits per heavy atom. The third-order valence-corrected chi connectivity index (χ3v) is 3.81. The summed E-state index contributed by atoms with van der Waals surface area (Å²) < 4.78 is 5.70. The lowest BCUT2D eigenvalue weighted by Crippen LogP contribution is -2.34. The third kappa shape index (κ3) is 1.94. The summed E-state index contributed by atoms with van der Waals surface area (Å²) in [5.41, 5.74) is -0.0329. The Labute approximate surface area is 129 Å². The summed E-state index contributed by atoms with van der Waals surface area (Å²) in [5.74, 6) is -0.919. The van der Waals surface area contributed by atoms with Crippen LogP contribution >= 0.6 is 0 Å². The van der Waals surface area contributed by atoms with Crippen molar-refractivity contribution in [2.75, 3.05) is 5.32 Å². The van der Waals surface area contributed by atoms with Gasteiger partial charge >= 0.3 is 5.97 Å². The van der Waals surface area contributed by atoms with Gasteiger partial charge in [0.25, 0.3) is 0 Å². The molecule has 0 spiro atoms. The van der Waals surface area contributed by atoms with Crippen molar-refractivity contribution in [1.29, 1.82) is 0 Å². The van der Waals surface area contributed by atoms with Crippen LogP contribution in [0.3, 0.4) is 0 Å². The second kappa shape index (κ2) is 4.57.